The highest BCUT2D eigenvalue weighted by Gasteiger charge is 2.37. The lowest BCUT2D eigenvalue weighted by Gasteiger charge is -2.16. The molecule has 0 radical (unpaired) electrons. The van der Waals surface area contributed by atoms with Crippen molar-refractivity contribution >= 4 is 5.91 Å². The molecule has 1 saturated heterocycles. The Morgan fingerprint density at radius 2 is 1.96 bits per heavy atom. The molecule has 25 heavy (non-hydrogen) atoms. The molecule has 2 aliphatic rings. The molecule has 1 aliphatic heterocycles. The first-order valence-electron chi connectivity index (χ1n) is 8.66. The molecule has 1 saturated carbocycles. The first kappa shape index (κ1) is 16.0. The van der Waals surface area contributed by atoms with E-state index in [0.29, 0.717) is 24.0 Å². The zero-order valence-corrected chi connectivity index (χ0v) is 14.1. The molecule has 1 aliphatic carbocycles. The van der Waals surface area contributed by atoms with Gasteiger partial charge in [0.2, 0.25) is 11.8 Å². The summed E-state index contributed by atoms with van der Waals surface area (Å²) in [7, 11) is 0. The molecule has 0 spiro atoms. The number of benzene rings is 1. The number of carbonyl (C=O) groups excluding carboxylic acids is 1. The monoisotopic (exact) mass is 341 g/mol. The van der Waals surface area contributed by atoms with Gasteiger partial charge >= 0.3 is 0 Å². The van der Waals surface area contributed by atoms with E-state index < -0.39 is 0 Å². The van der Waals surface area contributed by atoms with Gasteiger partial charge in [0.15, 0.2) is 0 Å². The number of hydrogen-bond acceptors (Lipinski definition) is 4. The third-order valence-electron chi connectivity index (χ3n) is 4.68. The maximum atomic E-state index is 13.0. The summed E-state index contributed by atoms with van der Waals surface area (Å²) in [6.45, 7) is 3.34. The van der Waals surface area contributed by atoms with E-state index in [1.807, 2.05) is 11.8 Å². The summed E-state index contributed by atoms with van der Waals surface area (Å²) in [5.74, 6) is 2.04. The number of aryl methyl sites for hydroxylation is 1. The molecule has 1 amide bonds. The minimum atomic E-state index is -0.307. The number of halogens is 1. The van der Waals surface area contributed by atoms with Crippen LogP contribution in [0, 0.1) is 18.7 Å². The highest BCUT2D eigenvalue weighted by molar-refractivity contribution is 5.81. The van der Waals surface area contributed by atoms with Crippen molar-refractivity contribution in [3.05, 3.63) is 47.7 Å². The summed E-state index contributed by atoms with van der Waals surface area (Å²) in [6, 6.07) is 7.59. The molecular weight excluding hydrogens is 321 g/mol. The Hall–Kier alpha value is -2.50. The highest BCUT2D eigenvalue weighted by atomic mass is 19.1. The second-order valence-corrected chi connectivity index (χ2v) is 6.81. The maximum Gasteiger partial charge on any atom is 0.225 e. The van der Waals surface area contributed by atoms with Crippen molar-refractivity contribution in [2.24, 2.45) is 5.92 Å². The molecule has 6 heteroatoms. The lowest BCUT2D eigenvalue weighted by Crippen LogP contribution is -2.29. The Labute approximate surface area is 145 Å². The van der Waals surface area contributed by atoms with Gasteiger partial charge < -0.3 is 9.64 Å². The summed E-state index contributed by atoms with van der Waals surface area (Å²) in [5, 5.41) is 0. The standard InChI is InChI=1S/C19H20FN3O2/c1-12-10-17(25-16-6-4-15(20)5-7-16)22-18(21-12)14-8-9-23(11-14)19(24)13-2-3-13/h4-7,10,13-14H,2-3,8-9,11H2,1H3/t14-/m0/s1. The smallest absolute Gasteiger partial charge is 0.225 e. The summed E-state index contributed by atoms with van der Waals surface area (Å²) >= 11 is 0. The van der Waals surface area contributed by atoms with Crippen LogP contribution in [0.15, 0.2) is 30.3 Å². The van der Waals surface area contributed by atoms with Gasteiger partial charge in [0.1, 0.15) is 17.4 Å². The minimum Gasteiger partial charge on any atom is -0.439 e. The van der Waals surface area contributed by atoms with Crippen LogP contribution in [0.3, 0.4) is 0 Å². The largest absolute Gasteiger partial charge is 0.439 e. The van der Waals surface area contributed by atoms with Gasteiger partial charge in [-0.05, 0) is 50.5 Å². The molecule has 4 rings (SSSR count). The fourth-order valence-corrected chi connectivity index (χ4v) is 3.18. The second-order valence-electron chi connectivity index (χ2n) is 6.81. The Morgan fingerprint density at radius 3 is 2.68 bits per heavy atom. The molecule has 0 unspecified atom stereocenters. The lowest BCUT2D eigenvalue weighted by molar-refractivity contribution is -0.131. The van der Waals surface area contributed by atoms with Gasteiger partial charge in [0.05, 0.1) is 0 Å². The number of likely N-dealkylation sites (tertiary alicyclic amines) is 1. The normalized spacial score (nSPS) is 19.9. The van der Waals surface area contributed by atoms with Crippen molar-refractivity contribution in [1.82, 2.24) is 14.9 Å². The molecule has 1 aromatic heterocycles. The van der Waals surface area contributed by atoms with Gasteiger partial charge in [-0.1, -0.05) is 0 Å². The van der Waals surface area contributed by atoms with Crippen LogP contribution in [0.4, 0.5) is 4.39 Å². The number of amides is 1. The van der Waals surface area contributed by atoms with E-state index in [1.54, 1.807) is 18.2 Å². The van der Waals surface area contributed by atoms with E-state index in [2.05, 4.69) is 9.97 Å². The van der Waals surface area contributed by atoms with E-state index in [-0.39, 0.29) is 23.6 Å². The first-order valence-corrected chi connectivity index (χ1v) is 8.66. The number of ether oxygens (including phenoxy) is 1. The van der Waals surface area contributed by atoms with Gasteiger partial charge in [0, 0.05) is 36.7 Å². The van der Waals surface area contributed by atoms with E-state index in [9.17, 15) is 9.18 Å². The third-order valence-corrected chi connectivity index (χ3v) is 4.68. The van der Waals surface area contributed by atoms with Crippen molar-refractivity contribution in [2.75, 3.05) is 13.1 Å². The van der Waals surface area contributed by atoms with Crippen molar-refractivity contribution in [1.29, 1.82) is 0 Å². The van der Waals surface area contributed by atoms with Crippen LogP contribution in [-0.2, 0) is 4.79 Å². The Bertz CT molecular complexity index is 790. The molecule has 0 N–H and O–H groups in total. The quantitative estimate of drug-likeness (QED) is 0.855. The van der Waals surface area contributed by atoms with Crippen molar-refractivity contribution < 1.29 is 13.9 Å². The summed E-state index contributed by atoms with van der Waals surface area (Å²) in [5.41, 5.74) is 0.814. The molecule has 1 aromatic carbocycles. The molecule has 130 valence electrons. The predicted molar refractivity (Wildman–Crippen MR) is 89.9 cm³/mol. The molecule has 2 aromatic rings. The van der Waals surface area contributed by atoms with E-state index in [1.165, 1.54) is 12.1 Å². The molecule has 0 bridgehead atoms. The van der Waals surface area contributed by atoms with Gasteiger partial charge in [-0.3, -0.25) is 4.79 Å². The van der Waals surface area contributed by atoms with Gasteiger partial charge in [-0.25, -0.2) is 9.37 Å². The third kappa shape index (κ3) is 3.62. The fraction of sp³-hybridized carbons (Fsp3) is 0.421. The number of rotatable bonds is 4. The number of hydrogen-bond donors (Lipinski definition) is 0. The molecule has 2 fully saturated rings. The van der Waals surface area contributed by atoms with Crippen molar-refractivity contribution in [3.8, 4) is 11.6 Å². The maximum absolute atomic E-state index is 13.0. The number of aromatic nitrogens is 2. The summed E-state index contributed by atoms with van der Waals surface area (Å²) < 4.78 is 18.7. The molecular formula is C19H20FN3O2. The topological polar surface area (TPSA) is 55.3 Å². The van der Waals surface area contributed by atoms with Gasteiger partial charge in [-0.15, -0.1) is 0 Å². The molecule has 5 nitrogen and oxygen atoms in total. The molecule has 2 heterocycles. The summed E-state index contributed by atoms with van der Waals surface area (Å²) in [4.78, 5) is 23.2. The molecule has 1 atom stereocenters. The van der Waals surface area contributed by atoms with Crippen LogP contribution in [0.25, 0.3) is 0 Å². The predicted octanol–water partition coefficient (Wildman–Crippen LogP) is 3.44. The van der Waals surface area contributed by atoms with Crippen LogP contribution in [0.1, 0.15) is 36.7 Å². The van der Waals surface area contributed by atoms with E-state index in [0.717, 1.165) is 31.5 Å². The highest BCUT2D eigenvalue weighted by Crippen LogP contribution is 2.35. The number of nitrogens with zero attached hydrogens (tertiary/aromatic N) is 3. The van der Waals surface area contributed by atoms with Crippen LogP contribution in [0.5, 0.6) is 11.6 Å². The second kappa shape index (κ2) is 6.43. The van der Waals surface area contributed by atoms with Crippen LogP contribution < -0.4 is 4.74 Å². The van der Waals surface area contributed by atoms with Gasteiger partial charge in [-0.2, -0.15) is 4.98 Å². The van der Waals surface area contributed by atoms with Crippen LogP contribution in [-0.4, -0.2) is 33.9 Å². The van der Waals surface area contributed by atoms with Crippen molar-refractivity contribution in [2.45, 2.75) is 32.1 Å². The Morgan fingerprint density at radius 1 is 1.20 bits per heavy atom. The first-order chi connectivity index (χ1) is 12.1. The van der Waals surface area contributed by atoms with E-state index in [4.69, 9.17) is 4.74 Å². The zero-order chi connectivity index (χ0) is 17.4. The average molecular weight is 341 g/mol. The Kier molecular flexibility index (Phi) is 4.11. The fourth-order valence-electron chi connectivity index (χ4n) is 3.18. The van der Waals surface area contributed by atoms with Crippen LogP contribution >= 0.6 is 0 Å². The zero-order valence-electron chi connectivity index (χ0n) is 14.1. The van der Waals surface area contributed by atoms with Gasteiger partial charge in [0.25, 0.3) is 0 Å². The minimum absolute atomic E-state index is 0.137. The lowest BCUT2D eigenvalue weighted by atomic mass is 10.1. The Balaban J connectivity index is 1.49. The van der Waals surface area contributed by atoms with E-state index >= 15 is 0 Å². The van der Waals surface area contributed by atoms with Crippen molar-refractivity contribution in [3.63, 3.8) is 0 Å². The van der Waals surface area contributed by atoms with Crippen LogP contribution in [0.2, 0.25) is 0 Å². The SMILES string of the molecule is Cc1cc(Oc2ccc(F)cc2)nc([C@H]2CCN(C(=O)C3CC3)C2)n1. The summed E-state index contributed by atoms with van der Waals surface area (Å²) in [6.07, 6.45) is 2.92. The average Bonchev–Trinajstić information content (AvgIpc) is 3.32. The number of carbonyl (C=O) groups is 1.